The monoisotopic (exact) mass is 504 g/mol. The number of amides is 1. The lowest BCUT2D eigenvalue weighted by Crippen LogP contribution is -2.49. The van der Waals surface area contributed by atoms with Gasteiger partial charge in [-0.3, -0.25) is 9.59 Å². The topological polar surface area (TPSA) is 66.4 Å². The Balaban J connectivity index is 1.27. The lowest BCUT2D eigenvalue weighted by Gasteiger charge is -2.35. The summed E-state index contributed by atoms with van der Waals surface area (Å²) >= 11 is 0. The first-order valence-corrected chi connectivity index (χ1v) is 13.0. The molecule has 0 aliphatic carbocycles. The fourth-order valence-electron chi connectivity index (χ4n) is 4.91. The van der Waals surface area contributed by atoms with Crippen LogP contribution in [0.2, 0.25) is 0 Å². The van der Waals surface area contributed by atoms with Crippen molar-refractivity contribution in [3.63, 3.8) is 0 Å². The number of aryl methyl sites for hydroxylation is 4. The van der Waals surface area contributed by atoms with Gasteiger partial charge in [-0.1, -0.05) is 54.1 Å². The molecule has 0 radical (unpaired) electrons. The molecule has 0 saturated carbocycles. The van der Waals surface area contributed by atoms with Gasteiger partial charge in [-0.25, -0.2) is 0 Å². The molecule has 0 N–H and O–H groups in total. The summed E-state index contributed by atoms with van der Waals surface area (Å²) in [6.07, 6.45) is 0. The van der Waals surface area contributed by atoms with Crippen LogP contribution in [-0.2, 0) is 0 Å². The molecule has 3 aromatic carbocycles. The minimum absolute atomic E-state index is 0.118. The van der Waals surface area contributed by atoms with Crippen molar-refractivity contribution in [1.82, 2.24) is 15.1 Å². The summed E-state index contributed by atoms with van der Waals surface area (Å²) in [5.74, 6) is 0.548. The molecule has 1 aliphatic rings. The van der Waals surface area contributed by atoms with Crippen LogP contribution in [0.15, 0.2) is 72.8 Å². The van der Waals surface area contributed by atoms with Gasteiger partial charge in [0.05, 0.1) is 11.3 Å². The van der Waals surface area contributed by atoms with Crippen LogP contribution in [0, 0.1) is 27.7 Å². The fourth-order valence-corrected chi connectivity index (χ4v) is 4.91. The molecule has 1 amide bonds. The highest BCUT2D eigenvalue weighted by Crippen LogP contribution is 2.26. The summed E-state index contributed by atoms with van der Waals surface area (Å²) < 4.78 is 0. The van der Waals surface area contributed by atoms with Gasteiger partial charge < -0.3 is 9.80 Å². The summed E-state index contributed by atoms with van der Waals surface area (Å²) in [5, 5.41) is 9.02. The third-order valence-electron chi connectivity index (χ3n) is 7.37. The van der Waals surface area contributed by atoms with Gasteiger partial charge in [-0.15, -0.1) is 10.2 Å². The molecule has 0 atom stereocenters. The predicted molar refractivity (Wildman–Crippen MR) is 151 cm³/mol. The second-order valence-electron chi connectivity index (χ2n) is 10.0. The Morgan fingerprint density at radius 1 is 0.684 bits per heavy atom. The molecule has 1 saturated heterocycles. The molecule has 2 heterocycles. The number of ketones is 1. The van der Waals surface area contributed by atoms with E-state index < -0.39 is 0 Å². The minimum Gasteiger partial charge on any atom is -0.352 e. The molecule has 192 valence electrons. The van der Waals surface area contributed by atoms with Gasteiger partial charge >= 0.3 is 0 Å². The number of nitrogens with zero attached hydrogens (tertiary/aromatic N) is 4. The molecule has 6 nitrogen and oxygen atoms in total. The zero-order valence-corrected chi connectivity index (χ0v) is 22.4. The molecule has 1 fully saturated rings. The molecular formula is C32H32N4O2. The number of hydrogen-bond acceptors (Lipinski definition) is 5. The largest absolute Gasteiger partial charge is 0.352 e. The van der Waals surface area contributed by atoms with Gasteiger partial charge in [0.25, 0.3) is 5.91 Å². The quantitative estimate of drug-likeness (QED) is 0.333. The summed E-state index contributed by atoms with van der Waals surface area (Å²) in [6, 6.07) is 22.9. The van der Waals surface area contributed by atoms with E-state index in [1.807, 2.05) is 54.3 Å². The third kappa shape index (κ3) is 5.07. The van der Waals surface area contributed by atoms with Crippen LogP contribution in [0.4, 0.5) is 5.82 Å². The Morgan fingerprint density at radius 3 is 2.00 bits per heavy atom. The molecule has 38 heavy (non-hydrogen) atoms. The Hall–Kier alpha value is -4.32. The molecule has 0 bridgehead atoms. The second-order valence-corrected chi connectivity index (χ2v) is 10.0. The third-order valence-corrected chi connectivity index (χ3v) is 7.37. The summed E-state index contributed by atoms with van der Waals surface area (Å²) in [4.78, 5) is 30.6. The van der Waals surface area contributed by atoms with Crippen LogP contribution in [0.25, 0.3) is 11.3 Å². The lowest BCUT2D eigenvalue weighted by molar-refractivity contribution is 0.0742. The highest BCUT2D eigenvalue weighted by molar-refractivity contribution is 6.15. The molecule has 6 heteroatoms. The first-order valence-electron chi connectivity index (χ1n) is 13.0. The van der Waals surface area contributed by atoms with Gasteiger partial charge in [0.2, 0.25) is 0 Å². The Labute approximate surface area is 223 Å². The molecular weight excluding hydrogens is 472 g/mol. The molecule has 5 rings (SSSR count). The van der Waals surface area contributed by atoms with Crippen molar-refractivity contribution >= 4 is 17.5 Å². The van der Waals surface area contributed by atoms with Crippen LogP contribution in [0.1, 0.15) is 48.5 Å². The van der Waals surface area contributed by atoms with Crippen molar-refractivity contribution in [3.05, 3.63) is 112 Å². The highest BCUT2D eigenvalue weighted by atomic mass is 16.2. The van der Waals surface area contributed by atoms with E-state index in [1.54, 1.807) is 18.2 Å². The van der Waals surface area contributed by atoms with Gasteiger partial charge in [-0.05, 0) is 68.7 Å². The summed E-state index contributed by atoms with van der Waals surface area (Å²) in [5.41, 5.74) is 8.20. The number of piperazine rings is 1. The molecule has 0 unspecified atom stereocenters. The van der Waals surface area contributed by atoms with Gasteiger partial charge in [0.1, 0.15) is 0 Å². The Morgan fingerprint density at radius 2 is 1.34 bits per heavy atom. The number of benzene rings is 3. The second kappa shape index (κ2) is 10.6. The van der Waals surface area contributed by atoms with Crippen LogP contribution in [-0.4, -0.2) is 53.0 Å². The van der Waals surface area contributed by atoms with Crippen molar-refractivity contribution in [2.75, 3.05) is 31.1 Å². The van der Waals surface area contributed by atoms with E-state index in [1.165, 1.54) is 16.7 Å². The highest BCUT2D eigenvalue weighted by Gasteiger charge is 2.26. The molecule has 4 aromatic rings. The normalized spacial score (nSPS) is 13.5. The van der Waals surface area contributed by atoms with Gasteiger partial charge in [0, 0.05) is 42.9 Å². The van der Waals surface area contributed by atoms with Crippen molar-refractivity contribution in [2.24, 2.45) is 0 Å². The van der Waals surface area contributed by atoms with Crippen molar-refractivity contribution in [1.29, 1.82) is 0 Å². The summed E-state index contributed by atoms with van der Waals surface area (Å²) in [7, 11) is 0. The van der Waals surface area contributed by atoms with Crippen molar-refractivity contribution in [3.8, 4) is 11.3 Å². The lowest BCUT2D eigenvalue weighted by atomic mass is 9.97. The van der Waals surface area contributed by atoms with E-state index in [2.05, 4.69) is 48.0 Å². The van der Waals surface area contributed by atoms with Gasteiger partial charge in [0.15, 0.2) is 11.6 Å². The van der Waals surface area contributed by atoms with Crippen molar-refractivity contribution in [2.45, 2.75) is 27.7 Å². The van der Waals surface area contributed by atoms with E-state index in [0.717, 1.165) is 22.6 Å². The smallest absolute Gasteiger partial charge is 0.254 e. The maximum Gasteiger partial charge on any atom is 0.254 e. The maximum atomic E-state index is 13.5. The van der Waals surface area contributed by atoms with Crippen LogP contribution >= 0.6 is 0 Å². The molecule has 1 aromatic heterocycles. The Kier molecular flexibility index (Phi) is 7.05. The fraction of sp³-hybridized carbons (Fsp3) is 0.250. The molecule has 0 spiro atoms. The van der Waals surface area contributed by atoms with E-state index in [9.17, 15) is 9.59 Å². The standard InChI is InChI=1S/C32H32N4O2/c1-21-9-11-25(12-10-21)31(37)26-7-5-6-8-27(26)32(38)36-17-15-35(16-18-36)30-14-13-29(33-34-30)28-20-23(3)22(2)19-24(28)4/h5-14,19-20H,15-18H2,1-4H3. The average Bonchev–Trinajstić information content (AvgIpc) is 2.95. The number of hydrogen-bond donors (Lipinski definition) is 0. The van der Waals surface area contributed by atoms with E-state index in [-0.39, 0.29) is 11.7 Å². The molecule has 1 aliphatic heterocycles. The minimum atomic E-state index is -0.137. The van der Waals surface area contributed by atoms with E-state index >= 15 is 0 Å². The number of carbonyl (C=O) groups excluding carboxylic acids is 2. The first-order chi connectivity index (χ1) is 18.3. The number of anilines is 1. The van der Waals surface area contributed by atoms with Crippen LogP contribution < -0.4 is 4.90 Å². The number of rotatable bonds is 5. The van der Waals surface area contributed by atoms with E-state index in [4.69, 9.17) is 0 Å². The first kappa shape index (κ1) is 25.3. The predicted octanol–water partition coefficient (Wildman–Crippen LogP) is 5.57. The number of carbonyl (C=O) groups is 2. The zero-order valence-electron chi connectivity index (χ0n) is 22.4. The zero-order chi connectivity index (χ0) is 26.8. The SMILES string of the molecule is Cc1ccc(C(=O)c2ccccc2C(=O)N2CCN(c3ccc(-c4cc(C)c(C)cc4C)nn3)CC2)cc1. The van der Waals surface area contributed by atoms with Crippen LogP contribution in [0.5, 0.6) is 0 Å². The summed E-state index contributed by atoms with van der Waals surface area (Å²) in [6.45, 7) is 10.7. The maximum absolute atomic E-state index is 13.5. The Bertz CT molecular complexity index is 1490. The average molecular weight is 505 g/mol. The van der Waals surface area contributed by atoms with Gasteiger partial charge in [-0.2, -0.15) is 0 Å². The number of aromatic nitrogens is 2. The van der Waals surface area contributed by atoms with Crippen molar-refractivity contribution < 1.29 is 9.59 Å². The van der Waals surface area contributed by atoms with E-state index in [0.29, 0.717) is 42.9 Å². The van der Waals surface area contributed by atoms with Crippen LogP contribution in [0.3, 0.4) is 0 Å².